The van der Waals surface area contributed by atoms with Crippen molar-refractivity contribution in [1.82, 2.24) is 4.98 Å². The van der Waals surface area contributed by atoms with Crippen molar-refractivity contribution in [2.45, 2.75) is 12.8 Å². The van der Waals surface area contributed by atoms with Gasteiger partial charge in [-0.2, -0.15) is 0 Å². The number of benzene rings is 1. The SMILES string of the molecule is N/C(CCCOc1ccc2cccnc2c1)=N/O. The van der Waals surface area contributed by atoms with Gasteiger partial charge in [0, 0.05) is 24.1 Å². The fourth-order valence-electron chi connectivity index (χ4n) is 1.63. The zero-order chi connectivity index (χ0) is 12.8. The van der Waals surface area contributed by atoms with E-state index < -0.39 is 0 Å². The average molecular weight is 245 g/mol. The molecular weight excluding hydrogens is 230 g/mol. The lowest BCUT2D eigenvalue weighted by Crippen LogP contribution is -2.12. The largest absolute Gasteiger partial charge is 0.494 e. The molecule has 5 heteroatoms. The van der Waals surface area contributed by atoms with Gasteiger partial charge < -0.3 is 15.7 Å². The number of nitrogens with zero attached hydrogens (tertiary/aromatic N) is 2. The Balaban J connectivity index is 1.92. The molecule has 3 N–H and O–H groups in total. The van der Waals surface area contributed by atoms with Crippen LogP contribution < -0.4 is 10.5 Å². The summed E-state index contributed by atoms with van der Waals surface area (Å²) in [6.07, 6.45) is 2.98. The van der Waals surface area contributed by atoms with Crippen LogP contribution in [-0.4, -0.2) is 22.6 Å². The third kappa shape index (κ3) is 3.10. The molecule has 0 aliphatic rings. The van der Waals surface area contributed by atoms with Crippen molar-refractivity contribution in [3.8, 4) is 5.75 Å². The Morgan fingerprint density at radius 1 is 1.39 bits per heavy atom. The van der Waals surface area contributed by atoms with Crippen molar-refractivity contribution in [2.75, 3.05) is 6.61 Å². The molecule has 0 saturated heterocycles. The first-order chi connectivity index (χ1) is 8.79. The second-order valence-corrected chi connectivity index (χ2v) is 3.90. The number of hydrogen-bond acceptors (Lipinski definition) is 4. The molecule has 1 aromatic heterocycles. The first-order valence-corrected chi connectivity index (χ1v) is 5.73. The molecule has 0 bridgehead atoms. The first kappa shape index (κ1) is 12.2. The second kappa shape index (κ2) is 5.86. The molecule has 0 spiro atoms. The Kier molecular flexibility index (Phi) is 3.96. The molecule has 1 aromatic carbocycles. The summed E-state index contributed by atoms with van der Waals surface area (Å²) in [5, 5.41) is 12.4. The quantitative estimate of drug-likeness (QED) is 0.278. The molecule has 5 nitrogen and oxygen atoms in total. The van der Waals surface area contributed by atoms with Crippen LogP contribution in [0.25, 0.3) is 10.9 Å². The van der Waals surface area contributed by atoms with E-state index in [1.807, 2.05) is 30.3 Å². The van der Waals surface area contributed by atoms with Crippen LogP contribution >= 0.6 is 0 Å². The molecule has 0 fully saturated rings. The number of rotatable bonds is 5. The van der Waals surface area contributed by atoms with Crippen molar-refractivity contribution in [3.05, 3.63) is 36.5 Å². The molecule has 2 rings (SSSR count). The topological polar surface area (TPSA) is 80.7 Å². The van der Waals surface area contributed by atoms with E-state index in [1.54, 1.807) is 6.20 Å². The first-order valence-electron chi connectivity index (χ1n) is 5.73. The van der Waals surface area contributed by atoms with Crippen LogP contribution in [0.15, 0.2) is 41.7 Å². The molecule has 0 aliphatic heterocycles. The highest BCUT2D eigenvalue weighted by Gasteiger charge is 1.99. The minimum atomic E-state index is 0.221. The van der Waals surface area contributed by atoms with Gasteiger partial charge in [-0.3, -0.25) is 4.98 Å². The van der Waals surface area contributed by atoms with Crippen LogP contribution in [0.2, 0.25) is 0 Å². The third-order valence-electron chi connectivity index (χ3n) is 2.55. The van der Waals surface area contributed by atoms with E-state index in [-0.39, 0.29) is 5.84 Å². The van der Waals surface area contributed by atoms with Crippen molar-refractivity contribution in [1.29, 1.82) is 0 Å². The van der Waals surface area contributed by atoms with Crippen LogP contribution in [0.5, 0.6) is 5.75 Å². The molecule has 2 aromatic rings. The number of hydrogen-bond donors (Lipinski definition) is 2. The molecular formula is C13H15N3O2. The number of pyridine rings is 1. The summed E-state index contributed by atoms with van der Waals surface area (Å²) in [4.78, 5) is 4.26. The van der Waals surface area contributed by atoms with Gasteiger partial charge in [0.05, 0.1) is 12.1 Å². The molecule has 0 amide bonds. The summed E-state index contributed by atoms with van der Waals surface area (Å²) in [6.45, 7) is 0.522. The van der Waals surface area contributed by atoms with Crippen molar-refractivity contribution in [2.24, 2.45) is 10.9 Å². The maximum Gasteiger partial charge on any atom is 0.139 e. The van der Waals surface area contributed by atoms with Crippen LogP contribution in [0, 0.1) is 0 Å². The third-order valence-corrected chi connectivity index (χ3v) is 2.55. The lowest BCUT2D eigenvalue weighted by molar-refractivity contribution is 0.305. The molecule has 18 heavy (non-hydrogen) atoms. The van der Waals surface area contributed by atoms with Crippen molar-refractivity contribution < 1.29 is 9.94 Å². The van der Waals surface area contributed by atoms with E-state index in [2.05, 4.69) is 10.1 Å². The summed E-state index contributed by atoms with van der Waals surface area (Å²) >= 11 is 0. The van der Waals surface area contributed by atoms with Crippen LogP contribution in [0.4, 0.5) is 0 Å². The van der Waals surface area contributed by atoms with Gasteiger partial charge >= 0.3 is 0 Å². The van der Waals surface area contributed by atoms with Gasteiger partial charge in [-0.25, -0.2) is 0 Å². The lowest BCUT2D eigenvalue weighted by atomic mass is 10.2. The zero-order valence-corrected chi connectivity index (χ0v) is 9.91. The average Bonchev–Trinajstić information content (AvgIpc) is 2.43. The standard InChI is InChI=1S/C13H15N3O2/c14-13(16-17)4-2-8-18-11-6-5-10-3-1-7-15-12(10)9-11/h1,3,5-7,9,17H,2,4,8H2,(H2,14,16). The molecule has 1 heterocycles. The molecule has 94 valence electrons. The van der Waals surface area contributed by atoms with E-state index in [1.165, 1.54) is 0 Å². The van der Waals surface area contributed by atoms with Gasteiger partial charge in [-0.15, -0.1) is 0 Å². The molecule has 0 radical (unpaired) electrons. The van der Waals surface area contributed by atoms with Crippen LogP contribution in [0.1, 0.15) is 12.8 Å². The van der Waals surface area contributed by atoms with Gasteiger partial charge in [0.15, 0.2) is 0 Å². The summed E-state index contributed by atoms with van der Waals surface area (Å²) in [5.41, 5.74) is 6.27. The van der Waals surface area contributed by atoms with Crippen LogP contribution in [0.3, 0.4) is 0 Å². The number of fused-ring (bicyclic) bond motifs is 1. The van der Waals surface area contributed by atoms with E-state index in [0.29, 0.717) is 19.4 Å². The van der Waals surface area contributed by atoms with Gasteiger partial charge in [0.2, 0.25) is 0 Å². The van der Waals surface area contributed by atoms with Gasteiger partial charge in [0.1, 0.15) is 11.6 Å². The van der Waals surface area contributed by atoms with E-state index >= 15 is 0 Å². The summed E-state index contributed by atoms with van der Waals surface area (Å²) in [6, 6.07) is 9.69. The van der Waals surface area contributed by atoms with Crippen molar-refractivity contribution >= 4 is 16.7 Å². The predicted molar refractivity (Wildman–Crippen MR) is 69.9 cm³/mol. The fourth-order valence-corrected chi connectivity index (χ4v) is 1.63. The Morgan fingerprint density at radius 2 is 2.28 bits per heavy atom. The Morgan fingerprint density at radius 3 is 3.11 bits per heavy atom. The molecule has 0 atom stereocenters. The fraction of sp³-hybridized carbons (Fsp3) is 0.231. The van der Waals surface area contributed by atoms with Gasteiger partial charge in [-0.1, -0.05) is 11.2 Å². The monoisotopic (exact) mass is 245 g/mol. The molecule has 0 saturated carbocycles. The summed E-state index contributed by atoms with van der Waals surface area (Å²) in [5.74, 6) is 1.000. The highest BCUT2D eigenvalue weighted by atomic mass is 16.5. The number of aromatic nitrogens is 1. The maximum atomic E-state index is 8.38. The normalized spacial score (nSPS) is 11.7. The minimum absolute atomic E-state index is 0.221. The molecule has 0 aliphatic carbocycles. The Labute approximate surface area is 105 Å². The van der Waals surface area contributed by atoms with E-state index in [9.17, 15) is 0 Å². The lowest BCUT2D eigenvalue weighted by Gasteiger charge is -2.06. The second-order valence-electron chi connectivity index (χ2n) is 3.90. The van der Waals surface area contributed by atoms with E-state index in [4.69, 9.17) is 15.7 Å². The number of oxime groups is 1. The predicted octanol–water partition coefficient (Wildman–Crippen LogP) is 2.14. The van der Waals surface area contributed by atoms with Gasteiger partial charge in [0.25, 0.3) is 0 Å². The molecule has 0 unspecified atom stereocenters. The Bertz CT molecular complexity index is 555. The van der Waals surface area contributed by atoms with Crippen molar-refractivity contribution in [3.63, 3.8) is 0 Å². The summed E-state index contributed by atoms with van der Waals surface area (Å²) in [7, 11) is 0. The number of nitrogens with two attached hydrogens (primary N) is 1. The highest BCUT2D eigenvalue weighted by molar-refractivity contribution is 5.80. The Hall–Kier alpha value is -2.30. The van der Waals surface area contributed by atoms with E-state index in [0.717, 1.165) is 16.7 Å². The zero-order valence-electron chi connectivity index (χ0n) is 9.91. The highest BCUT2D eigenvalue weighted by Crippen LogP contribution is 2.18. The minimum Gasteiger partial charge on any atom is -0.494 e. The van der Waals surface area contributed by atoms with Crippen LogP contribution in [-0.2, 0) is 0 Å². The maximum absolute atomic E-state index is 8.38. The summed E-state index contributed by atoms with van der Waals surface area (Å²) < 4.78 is 5.58. The number of ether oxygens (including phenoxy) is 1. The number of amidine groups is 1. The smallest absolute Gasteiger partial charge is 0.139 e. The van der Waals surface area contributed by atoms with Gasteiger partial charge in [-0.05, 0) is 24.6 Å².